The summed E-state index contributed by atoms with van der Waals surface area (Å²) in [5.41, 5.74) is 1.11. The number of nitrogens with one attached hydrogen (secondary N) is 2. The van der Waals surface area contributed by atoms with E-state index < -0.39 is 0 Å². The van der Waals surface area contributed by atoms with E-state index in [0.717, 1.165) is 56.6 Å². The summed E-state index contributed by atoms with van der Waals surface area (Å²) in [6.07, 6.45) is 8.07. The van der Waals surface area contributed by atoms with Crippen LogP contribution >= 0.6 is 12.2 Å². The summed E-state index contributed by atoms with van der Waals surface area (Å²) in [5, 5.41) is 7.03. The van der Waals surface area contributed by atoms with Crippen LogP contribution in [0.15, 0.2) is 30.3 Å². The zero-order valence-corrected chi connectivity index (χ0v) is 20.4. The van der Waals surface area contributed by atoms with Crippen molar-refractivity contribution in [2.45, 2.75) is 57.3 Å². The molecule has 33 heavy (non-hydrogen) atoms. The van der Waals surface area contributed by atoms with Crippen LogP contribution in [-0.2, 0) is 5.41 Å². The van der Waals surface area contributed by atoms with Gasteiger partial charge in [-0.05, 0) is 61.5 Å². The fourth-order valence-corrected chi connectivity index (χ4v) is 5.29. The van der Waals surface area contributed by atoms with Crippen LogP contribution in [0.1, 0.15) is 57.4 Å². The maximum Gasteiger partial charge on any atom is 0.234 e. The lowest BCUT2D eigenvalue weighted by atomic mass is 9.69. The van der Waals surface area contributed by atoms with Gasteiger partial charge in [-0.25, -0.2) is 4.39 Å². The Labute approximate surface area is 201 Å². The second-order valence-electron chi connectivity index (χ2n) is 9.44. The number of methoxy groups -OCH3 is 1. The summed E-state index contributed by atoms with van der Waals surface area (Å²) < 4.78 is 18.9. The second kappa shape index (κ2) is 10.6. The SMILES string of the molecule is COc1cc(N2CCC[C@@H](C)C2)nc(NC(=S)NCC2(c3ccc(F)cc3)CCCCC2)n1. The summed E-state index contributed by atoms with van der Waals surface area (Å²) >= 11 is 5.61. The Kier molecular flexibility index (Phi) is 7.63. The zero-order chi connectivity index (χ0) is 23.3. The molecule has 0 radical (unpaired) electrons. The molecule has 1 saturated heterocycles. The minimum absolute atomic E-state index is 0.0535. The predicted molar refractivity (Wildman–Crippen MR) is 135 cm³/mol. The highest BCUT2D eigenvalue weighted by atomic mass is 32.1. The van der Waals surface area contributed by atoms with Crippen molar-refractivity contribution < 1.29 is 9.13 Å². The third kappa shape index (κ3) is 5.91. The quantitative estimate of drug-likeness (QED) is 0.572. The molecule has 0 unspecified atom stereocenters. The number of thiocarbonyl (C=S) groups is 1. The Morgan fingerprint density at radius 2 is 1.94 bits per heavy atom. The number of aromatic nitrogens is 2. The fourth-order valence-electron chi connectivity index (χ4n) is 5.13. The first-order valence-electron chi connectivity index (χ1n) is 12.0. The average molecular weight is 472 g/mol. The van der Waals surface area contributed by atoms with Crippen molar-refractivity contribution in [2.75, 3.05) is 37.0 Å². The zero-order valence-electron chi connectivity index (χ0n) is 19.6. The van der Waals surface area contributed by atoms with Crippen LogP contribution in [-0.4, -0.2) is 41.8 Å². The molecule has 8 heteroatoms. The molecule has 6 nitrogen and oxygen atoms in total. The minimum atomic E-state index is -0.205. The summed E-state index contributed by atoms with van der Waals surface area (Å²) in [5.74, 6) is 2.23. The maximum absolute atomic E-state index is 13.5. The van der Waals surface area contributed by atoms with Gasteiger partial charge in [-0.15, -0.1) is 0 Å². The Morgan fingerprint density at radius 3 is 2.64 bits per heavy atom. The molecule has 1 aliphatic heterocycles. The lowest BCUT2D eigenvalue weighted by Gasteiger charge is -2.38. The van der Waals surface area contributed by atoms with E-state index in [1.807, 2.05) is 18.2 Å². The van der Waals surface area contributed by atoms with Crippen molar-refractivity contribution in [1.82, 2.24) is 15.3 Å². The van der Waals surface area contributed by atoms with Crippen LogP contribution in [0.5, 0.6) is 5.88 Å². The van der Waals surface area contributed by atoms with Gasteiger partial charge in [0.1, 0.15) is 11.6 Å². The van der Waals surface area contributed by atoms with E-state index >= 15 is 0 Å². The molecule has 1 aliphatic carbocycles. The van der Waals surface area contributed by atoms with Crippen molar-refractivity contribution in [2.24, 2.45) is 5.92 Å². The normalized spacial score (nSPS) is 20.2. The monoisotopic (exact) mass is 471 g/mol. The highest BCUT2D eigenvalue weighted by molar-refractivity contribution is 7.80. The number of anilines is 2. The van der Waals surface area contributed by atoms with Gasteiger partial charge in [0.05, 0.1) is 7.11 Å². The van der Waals surface area contributed by atoms with Crippen molar-refractivity contribution in [3.05, 3.63) is 41.7 Å². The number of ether oxygens (including phenoxy) is 1. The van der Waals surface area contributed by atoms with Gasteiger partial charge in [-0.2, -0.15) is 9.97 Å². The van der Waals surface area contributed by atoms with Crippen LogP contribution in [0.2, 0.25) is 0 Å². The van der Waals surface area contributed by atoms with Gasteiger partial charge in [0.15, 0.2) is 5.11 Å². The molecule has 0 amide bonds. The van der Waals surface area contributed by atoms with Crippen LogP contribution in [0.25, 0.3) is 0 Å². The number of halogens is 1. The number of rotatable bonds is 6. The molecule has 2 aliphatic rings. The molecule has 2 heterocycles. The molecule has 4 rings (SSSR count). The maximum atomic E-state index is 13.5. The van der Waals surface area contributed by atoms with E-state index in [1.54, 1.807) is 19.2 Å². The lowest BCUT2D eigenvalue weighted by Crippen LogP contribution is -2.43. The number of benzene rings is 1. The van der Waals surface area contributed by atoms with E-state index in [0.29, 0.717) is 29.4 Å². The molecular weight excluding hydrogens is 437 g/mol. The summed E-state index contributed by atoms with van der Waals surface area (Å²) in [7, 11) is 1.61. The summed E-state index contributed by atoms with van der Waals surface area (Å²) in [6.45, 7) is 4.91. The minimum Gasteiger partial charge on any atom is -0.481 e. The molecule has 2 aromatic rings. The van der Waals surface area contributed by atoms with Crippen molar-refractivity contribution >= 4 is 29.1 Å². The van der Waals surface area contributed by atoms with Gasteiger partial charge < -0.3 is 20.3 Å². The van der Waals surface area contributed by atoms with Gasteiger partial charge in [-0.1, -0.05) is 38.3 Å². The summed E-state index contributed by atoms with van der Waals surface area (Å²) in [4.78, 5) is 11.4. The van der Waals surface area contributed by atoms with Gasteiger partial charge in [0.2, 0.25) is 11.8 Å². The van der Waals surface area contributed by atoms with E-state index in [4.69, 9.17) is 21.9 Å². The Morgan fingerprint density at radius 1 is 1.18 bits per heavy atom. The predicted octanol–water partition coefficient (Wildman–Crippen LogP) is 5.05. The third-order valence-electron chi connectivity index (χ3n) is 6.96. The van der Waals surface area contributed by atoms with E-state index in [1.165, 1.54) is 12.8 Å². The molecule has 1 atom stereocenters. The third-order valence-corrected chi connectivity index (χ3v) is 7.21. The topological polar surface area (TPSA) is 62.3 Å². The second-order valence-corrected chi connectivity index (χ2v) is 9.85. The molecule has 1 aromatic carbocycles. The van der Waals surface area contributed by atoms with Crippen LogP contribution in [0.3, 0.4) is 0 Å². The molecule has 0 bridgehead atoms. The highest BCUT2D eigenvalue weighted by Crippen LogP contribution is 2.39. The van der Waals surface area contributed by atoms with Crippen LogP contribution in [0.4, 0.5) is 16.2 Å². The fraction of sp³-hybridized carbons (Fsp3) is 0.560. The first kappa shape index (κ1) is 23.7. The molecule has 2 N–H and O–H groups in total. The first-order chi connectivity index (χ1) is 16.0. The van der Waals surface area contributed by atoms with Crippen molar-refractivity contribution in [3.8, 4) is 5.88 Å². The van der Waals surface area contributed by atoms with Crippen molar-refractivity contribution in [3.63, 3.8) is 0 Å². The summed E-state index contributed by atoms with van der Waals surface area (Å²) in [6, 6.07) is 8.81. The Balaban J connectivity index is 1.45. The van der Waals surface area contributed by atoms with Crippen molar-refractivity contribution in [1.29, 1.82) is 0 Å². The molecule has 0 spiro atoms. The average Bonchev–Trinajstić information content (AvgIpc) is 2.83. The smallest absolute Gasteiger partial charge is 0.234 e. The number of hydrogen-bond donors (Lipinski definition) is 2. The van der Waals surface area contributed by atoms with Crippen LogP contribution < -0.4 is 20.3 Å². The highest BCUT2D eigenvalue weighted by Gasteiger charge is 2.34. The molecule has 178 valence electrons. The van der Waals surface area contributed by atoms with Gasteiger partial charge in [-0.3, -0.25) is 0 Å². The largest absolute Gasteiger partial charge is 0.481 e. The van der Waals surface area contributed by atoms with Crippen LogP contribution in [0, 0.1) is 11.7 Å². The number of piperidine rings is 1. The van der Waals surface area contributed by atoms with E-state index in [-0.39, 0.29) is 11.2 Å². The molecule has 1 aromatic heterocycles. The Bertz CT molecular complexity index is 948. The molecule has 1 saturated carbocycles. The molecular formula is C25H34FN5OS. The van der Waals surface area contributed by atoms with Gasteiger partial charge >= 0.3 is 0 Å². The lowest BCUT2D eigenvalue weighted by molar-refractivity contribution is 0.292. The first-order valence-corrected chi connectivity index (χ1v) is 12.4. The van der Waals surface area contributed by atoms with E-state index in [2.05, 4.69) is 27.4 Å². The van der Waals surface area contributed by atoms with Gasteiger partial charge in [0.25, 0.3) is 0 Å². The Hall–Kier alpha value is -2.48. The number of nitrogens with zero attached hydrogens (tertiary/aromatic N) is 3. The standard InChI is InChI=1S/C25H34FN5OS/c1-18-7-6-14-31(16-18)21-15-22(32-2)29-23(28-21)30-24(33)27-17-25(12-4-3-5-13-25)19-8-10-20(26)11-9-19/h8-11,15,18H,3-7,12-14,16-17H2,1-2H3,(H2,27,28,29,30,33)/t18-/m1/s1. The van der Waals surface area contributed by atoms with Gasteiger partial charge in [0, 0.05) is 31.1 Å². The molecule has 2 fully saturated rings. The van der Waals surface area contributed by atoms with E-state index in [9.17, 15) is 4.39 Å². The number of hydrogen-bond acceptors (Lipinski definition) is 5.